The van der Waals surface area contributed by atoms with E-state index < -0.39 is 11.2 Å². The highest BCUT2D eigenvalue weighted by Gasteiger charge is 2.18. The molecule has 0 fully saturated rings. The van der Waals surface area contributed by atoms with E-state index in [1.165, 1.54) is 9.47 Å². The van der Waals surface area contributed by atoms with Gasteiger partial charge in [-0.15, -0.1) is 0 Å². The summed E-state index contributed by atoms with van der Waals surface area (Å²) in [6, 6.07) is 9.37. The molecule has 0 spiro atoms. The number of thiocarbonyl (C=S) groups is 1. The average molecular weight is 359 g/mol. The van der Waals surface area contributed by atoms with Gasteiger partial charge in [0, 0.05) is 13.6 Å². The fourth-order valence-corrected chi connectivity index (χ4v) is 2.43. The lowest BCUT2D eigenvalue weighted by atomic mass is 10.2. The van der Waals surface area contributed by atoms with E-state index in [1.54, 1.807) is 7.05 Å². The third-order valence-corrected chi connectivity index (χ3v) is 4.00. The summed E-state index contributed by atoms with van der Waals surface area (Å²) >= 11 is 5.28. The monoisotopic (exact) mass is 359 g/mol. The minimum Gasteiger partial charge on any atom is -0.383 e. The molecule has 0 saturated carbocycles. The summed E-state index contributed by atoms with van der Waals surface area (Å²) in [4.78, 5) is 28.2. The van der Waals surface area contributed by atoms with Crippen molar-refractivity contribution in [3.8, 4) is 0 Å². The second-order valence-corrected chi connectivity index (χ2v) is 6.13. The molecule has 1 aromatic carbocycles. The molecule has 7 nitrogen and oxygen atoms in total. The molecule has 0 atom stereocenters. The van der Waals surface area contributed by atoms with Gasteiger partial charge in [0.25, 0.3) is 5.56 Å². The molecular formula is C17H21N5O2S. The fourth-order valence-electron chi connectivity index (χ4n) is 2.27. The van der Waals surface area contributed by atoms with Crippen LogP contribution >= 0.6 is 12.2 Å². The molecule has 0 bridgehead atoms. The predicted octanol–water partition coefficient (Wildman–Crippen LogP) is 1.05. The standard InChI is InChI=1S/C17H21N5O2S/c1-11(2)9-19-17(25)21(3)13-14(18)22(16(24)20-15(13)23)10-12-7-5-4-6-8-12/h4-8H,1,9-10,18H2,2-3H3,(H,19,25)(H,20,23,24). The highest BCUT2D eigenvalue weighted by atomic mass is 32.1. The zero-order chi connectivity index (χ0) is 18.6. The first-order chi connectivity index (χ1) is 11.8. The van der Waals surface area contributed by atoms with Gasteiger partial charge in [-0.1, -0.05) is 42.5 Å². The first-order valence-electron chi connectivity index (χ1n) is 7.63. The molecule has 0 unspecified atom stereocenters. The van der Waals surface area contributed by atoms with E-state index in [1.807, 2.05) is 37.3 Å². The Labute approximate surface area is 150 Å². The van der Waals surface area contributed by atoms with Crippen LogP contribution in [0.1, 0.15) is 12.5 Å². The zero-order valence-electron chi connectivity index (χ0n) is 14.2. The summed E-state index contributed by atoms with van der Waals surface area (Å²) in [5.41, 5.74) is 6.87. The maximum absolute atomic E-state index is 12.3. The molecule has 1 heterocycles. The van der Waals surface area contributed by atoms with Crippen LogP contribution < -0.4 is 27.2 Å². The van der Waals surface area contributed by atoms with Crippen molar-refractivity contribution >= 4 is 28.8 Å². The van der Waals surface area contributed by atoms with Gasteiger partial charge < -0.3 is 16.0 Å². The van der Waals surface area contributed by atoms with Crippen LogP contribution in [0.3, 0.4) is 0 Å². The van der Waals surface area contributed by atoms with E-state index in [-0.39, 0.29) is 18.1 Å². The molecule has 4 N–H and O–H groups in total. The summed E-state index contributed by atoms with van der Waals surface area (Å²) < 4.78 is 1.31. The van der Waals surface area contributed by atoms with Crippen LogP contribution in [0.25, 0.3) is 0 Å². The minimum atomic E-state index is -0.589. The highest BCUT2D eigenvalue weighted by Crippen LogP contribution is 2.16. The van der Waals surface area contributed by atoms with Gasteiger partial charge >= 0.3 is 5.69 Å². The molecule has 8 heteroatoms. The fraction of sp³-hybridized carbons (Fsp3) is 0.235. The van der Waals surface area contributed by atoms with Crippen molar-refractivity contribution in [1.82, 2.24) is 14.9 Å². The van der Waals surface area contributed by atoms with E-state index in [0.717, 1.165) is 11.1 Å². The van der Waals surface area contributed by atoms with E-state index in [0.29, 0.717) is 11.7 Å². The van der Waals surface area contributed by atoms with Gasteiger partial charge in [0.1, 0.15) is 11.5 Å². The number of nitrogen functional groups attached to an aromatic ring is 1. The number of benzene rings is 1. The SMILES string of the molecule is C=C(C)CNC(=S)N(C)c1c(N)n(Cc2ccccc2)c(=O)[nH]c1=O. The van der Waals surface area contributed by atoms with Crippen LogP contribution in [0.2, 0.25) is 0 Å². The van der Waals surface area contributed by atoms with Gasteiger partial charge in [-0.3, -0.25) is 14.3 Å². The lowest BCUT2D eigenvalue weighted by Crippen LogP contribution is -2.43. The maximum Gasteiger partial charge on any atom is 0.330 e. The summed E-state index contributed by atoms with van der Waals surface area (Å²) in [5, 5.41) is 3.29. The van der Waals surface area contributed by atoms with Gasteiger partial charge in [-0.2, -0.15) is 0 Å². The van der Waals surface area contributed by atoms with Crippen LogP contribution in [0.15, 0.2) is 52.1 Å². The van der Waals surface area contributed by atoms with Crippen LogP contribution in [0, 0.1) is 0 Å². The van der Waals surface area contributed by atoms with Crippen LogP contribution in [-0.4, -0.2) is 28.3 Å². The smallest absolute Gasteiger partial charge is 0.330 e. The van der Waals surface area contributed by atoms with Gasteiger partial charge in [-0.05, 0) is 24.7 Å². The number of aromatic nitrogens is 2. The van der Waals surface area contributed by atoms with Crippen LogP contribution in [0.5, 0.6) is 0 Å². The van der Waals surface area contributed by atoms with E-state index in [2.05, 4.69) is 16.9 Å². The molecular weight excluding hydrogens is 338 g/mol. The lowest BCUT2D eigenvalue weighted by Gasteiger charge is -2.23. The molecule has 25 heavy (non-hydrogen) atoms. The number of aromatic amines is 1. The van der Waals surface area contributed by atoms with E-state index in [4.69, 9.17) is 18.0 Å². The van der Waals surface area contributed by atoms with E-state index >= 15 is 0 Å². The topological polar surface area (TPSA) is 96.2 Å². The maximum atomic E-state index is 12.3. The molecule has 0 saturated heterocycles. The molecule has 0 aliphatic rings. The van der Waals surface area contributed by atoms with Crippen molar-refractivity contribution in [2.75, 3.05) is 24.2 Å². The number of nitrogens with two attached hydrogens (primary N) is 1. The van der Waals surface area contributed by atoms with Crippen molar-refractivity contribution in [2.24, 2.45) is 0 Å². The molecule has 0 aliphatic heterocycles. The Morgan fingerprint density at radius 2 is 2.00 bits per heavy atom. The third-order valence-electron chi connectivity index (χ3n) is 3.58. The number of H-pyrrole nitrogens is 1. The van der Waals surface area contributed by atoms with Crippen molar-refractivity contribution in [3.05, 3.63) is 68.9 Å². The normalized spacial score (nSPS) is 10.3. The molecule has 2 aromatic rings. The Bertz CT molecular complexity index is 901. The van der Waals surface area contributed by atoms with Crippen molar-refractivity contribution < 1.29 is 0 Å². The van der Waals surface area contributed by atoms with Crippen molar-refractivity contribution in [3.63, 3.8) is 0 Å². The second kappa shape index (κ2) is 7.80. The number of hydrogen-bond acceptors (Lipinski definition) is 4. The quantitative estimate of drug-likeness (QED) is 0.546. The van der Waals surface area contributed by atoms with Gasteiger partial charge in [0.15, 0.2) is 5.11 Å². The van der Waals surface area contributed by atoms with Gasteiger partial charge in [0.2, 0.25) is 0 Å². The zero-order valence-corrected chi connectivity index (χ0v) is 15.0. The summed E-state index contributed by atoms with van der Waals surface area (Å²) in [6.07, 6.45) is 0. The molecule has 132 valence electrons. The van der Waals surface area contributed by atoms with Crippen molar-refractivity contribution in [1.29, 1.82) is 0 Å². The number of nitrogens with one attached hydrogen (secondary N) is 2. The van der Waals surface area contributed by atoms with Gasteiger partial charge in [0.05, 0.1) is 6.54 Å². The lowest BCUT2D eigenvalue weighted by molar-refractivity contribution is 0.732. The Morgan fingerprint density at radius 3 is 2.60 bits per heavy atom. The third kappa shape index (κ3) is 4.36. The highest BCUT2D eigenvalue weighted by molar-refractivity contribution is 7.80. The number of hydrogen-bond donors (Lipinski definition) is 3. The second-order valence-electron chi connectivity index (χ2n) is 5.74. The van der Waals surface area contributed by atoms with Crippen LogP contribution in [0.4, 0.5) is 11.5 Å². The number of nitrogens with zero attached hydrogens (tertiary/aromatic N) is 2. The number of anilines is 2. The number of rotatable bonds is 5. The molecule has 0 radical (unpaired) electrons. The molecule has 1 aromatic heterocycles. The predicted molar refractivity (Wildman–Crippen MR) is 105 cm³/mol. The first-order valence-corrected chi connectivity index (χ1v) is 8.04. The Morgan fingerprint density at radius 1 is 1.36 bits per heavy atom. The largest absolute Gasteiger partial charge is 0.383 e. The Hall–Kier alpha value is -2.87. The first kappa shape index (κ1) is 18.5. The Balaban J connectivity index is 2.40. The molecule has 2 rings (SSSR count). The summed E-state index contributed by atoms with van der Waals surface area (Å²) in [6.45, 7) is 6.37. The van der Waals surface area contributed by atoms with Gasteiger partial charge in [-0.25, -0.2) is 4.79 Å². The van der Waals surface area contributed by atoms with Crippen molar-refractivity contribution in [2.45, 2.75) is 13.5 Å². The summed E-state index contributed by atoms with van der Waals surface area (Å²) in [5.74, 6) is 0.0552. The van der Waals surface area contributed by atoms with E-state index in [9.17, 15) is 9.59 Å². The van der Waals surface area contributed by atoms with Crippen LogP contribution in [-0.2, 0) is 6.54 Å². The minimum absolute atomic E-state index is 0.0552. The summed E-state index contributed by atoms with van der Waals surface area (Å²) in [7, 11) is 1.62. The average Bonchev–Trinajstić information content (AvgIpc) is 2.57. The Kier molecular flexibility index (Phi) is 5.76. The molecule has 0 amide bonds. The molecule has 0 aliphatic carbocycles.